The fourth-order valence-electron chi connectivity index (χ4n) is 6.51. The van der Waals surface area contributed by atoms with Crippen molar-refractivity contribution in [3.05, 3.63) is 144 Å². The van der Waals surface area contributed by atoms with Crippen molar-refractivity contribution in [2.24, 2.45) is 0 Å². The Balaban J connectivity index is 1.40. The van der Waals surface area contributed by atoms with Crippen molar-refractivity contribution in [1.29, 1.82) is 15.8 Å². The van der Waals surface area contributed by atoms with Gasteiger partial charge in [-0.05, 0) is 83.9 Å². The average molecular weight is 560 g/mol. The standard InChI is InChI=1S/C39H21N5/c40-22-25-12-16-29(17-13-25)43-35-9-3-1-6-31(35)33-21-27(15-19-37(33)43)30-8-5-11-38-39(30)32-7-2-4-10-36(32)44(38)34-18-14-26(23-41)20-28(34)24-42/h1-21H. The van der Waals surface area contributed by atoms with Crippen LogP contribution in [0.25, 0.3) is 66.1 Å². The van der Waals surface area contributed by atoms with Crippen LogP contribution in [0.5, 0.6) is 0 Å². The smallest absolute Gasteiger partial charge is 0.101 e. The number of nitrogens with zero attached hydrogens (tertiary/aromatic N) is 5. The number of hydrogen-bond donors (Lipinski definition) is 0. The van der Waals surface area contributed by atoms with Gasteiger partial charge < -0.3 is 9.13 Å². The van der Waals surface area contributed by atoms with Gasteiger partial charge in [0.15, 0.2) is 0 Å². The Morgan fingerprint density at radius 2 is 1.11 bits per heavy atom. The van der Waals surface area contributed by atoms with Crippen LogP contribution in [-0.2, 0) is 0 Å². The van der Waals surface area contributed by atoms with Crippen molar-refractivity contribution in [3.63, 3.8) is 0 Å². The summed E-state index contributed by atoms with van der Waals surface area (Å²) < 4.78 is 4.37. The van der Waals surface area contributed by atoms with Gasteiger partial charge in [0.2, 0.25) is 0 Å². The van der Waals surface area contributed by atoms with E-state index in [0.29, 0.717) is 16.7 Å². The zero-order chi connectivity index (χ0) is 29.8. The van der Waals surface area contributed by atoms with Gasteiger partial charge in [-0.15, -0.1) is 0 Å². The molecule has 0 amide bonds. The lowest BCUT2D eigenvalue weighted by atomic mass is 9.98. The van der Waals surface area contributed by atoms with Gasteiger partial charge in [0, 0.05) is 27.2 Å². The zero-order valence-corrected chi connectivity index (χ0v) is 23.4. The van der Waals surface area contributed by atoms with E-state index < -0.39 is 0 Å². The summed E-state index contributed by atoms with van der Waals surface area (Å²) in [5.41, 5.74) is 9.66. The van der Waals surface area contributed by atoms with Crippen molar-refractivity contribution in [2.75, 3.05) is 0 Å². The SMILES string of the molecule is N#Cc1ccc(-n2c3ccccc3c3cc(-c4cccc5c4c4ccccc4n5-c4ccc(C#N)cc4C#N)ccc32)cc1. The van der Waals surface area contributed by atoms with Crippen LogP contribution in [0.4, 0.5) is 0 Å². The third-order valence-electron chi connectivity index (χ3n) is 8.42. The molecule has 44 heavy (non-hydrogen) atoms. The molecule has 0 unspecified atom stereocenters. The maximum Gasteiger partial charge on any atom is 0.101 e. The summed E-state index contributed by atoms with van der Waals surface area (Å²) in [6.45, 7) is 0. The molecule has 8 rings (SSSR count). The van der Waals surface area contributed by atoms with Crippen LogP contribution in [0.2, 0.25) is 0 Å². The lowest BCUT2D eigenvalue weighted by Crippen LogP contribution is -1.98. The highest BCUT2D eigenvalue weighted by Crippen LogP contribution is 2.41. The number of para-hydroxylation sites is 2. The van der Waals surface area contributed by atoms with E-state index in [1.807, 2.05) is 42.5 Å². The Morgan fingerprint density at radius 3 is 1.86 bits per heavy atom. The number of hydrogen-bond acceptors (Lipinski definition) is 3. The lowest BCUT2D eigenvalue weighted by molar-refractivity contribution is 1.16. The number of rotatable bonds is 3. The van der Waals surface area contributed by atoms with Crippen molar-refractivity contribution in [1.82, 2.24) is 9.13 Å². The number of fused-ring (bicyclic) bond motifs is 6. The second-order valence-corrected chi connectivity index (χ2v) is 10.8. The molecule has 0 aliphatic heterocycles. The molecule has 0 saturated heterocycles. The molecule has 0 fully saturated rings. The Bertz CT molecular complexity index is 2580. The number of benzene rings is 6. The van der Waals surface area contributed by atoms with E-state index in [1.54, 1.807) is 12.1 Å². The molecule has 0 saturated carbocycles. The molecule has 5 heteroatoms. The van der Waals surface area contributed by atoms with Crippen LogP contribution in [0.3, 0.4) is 0 Å². The maximum atomic E-state index is 10.0. The number of nitriles is 3. The Kier molecular flexibility index (Phi) is 5.56. The highest BCUT2D eigenvalue weighted by atomic mass is 15.0. The molecule has 6 aromatic carbocycles. The summed E-state index contributed by atoms with van der Waals surface area (Å²) in [7, 11) is 0. The van der Waals surface area contributed by atoms with Gasteiger partial charge in [-0.1, -0.05) is 54.6 Å². The highest BCUT2D eigenvalue weighted by molar-refractivity contribution is 6.17. The van der Waals surface area contributed by atoms with E-state index in [-0.39, 0.29) is 0 Å². The van der Waals surface area contributed by atoms with Gasteiger partial charge in [0.05, 0.1) is 56.6 Å². The fourth-order valence-corrected chi connectivity index (χ4v) is 6.51. The van der Waals surface area contributed by atoms with Crippen molar-refractivity contribution >= 4 is 43.6 Å². The molecule has 202 valence electrons. The molecule has 2 aromatic heterocycles. The van der Waals surface area contributed by atoms with Gasteiger partial charge in [-0.25, -0.2) is 0 Å². The Morgan fingerprint density at radius 1 is 0.455 bits per heavy atom. The molecular weight excluding hydrogens is 538 g/mol. The van der Waals surface area contributed by atoms with Crippen LogP contribution in [-0.4, -0.2) is 9.13 Å². The normalized spacial score (nSPS) is 11.1. The Hall–Kier alpha value is -6.61. The van der Waals surface area contributed by atoms with Gasteiger partial charge in [-0.3, -0.25) is 0 Å². The average Bonchev–Trinajstić information content (AvgIpc) is 3.60. The van der Waals surface area contributed by atoms with E-state index in [2.05, 4.69) is 100 Å². The monoisotopic (exact) mass is 559 g/mol. The zero-order valence-electron chi connectivity index (χ0n) is 23.4. The Labute approximate surface area is 252 Å². The van der Waals surface area contributed by atoms with Crippen LogP contribution in [0.1, 0.15) is 16.7 Å². The summed E-state index contributed by atoms with van der Waals surface area (Å²) in [5.74, 6) is 0. The highest BCUT2D eigenvalue weighted by Gasteiger charge is 2.19. The summed E-state index contributed by atoms with van der Waals surface area (Å²) in [6, 6.07) is 49.2. The summed E-state index contributed by atoms with van der Waals surface area (Å²) in [6.07, 6.45) is 0. The predicted molar refractivity (Wildman–Crippen MR) is 175 cm³/mol. The minimum Gasteiger partial charge on any atom is -0.309 e. The first-order valence-corrected chi connectivity index (χ1v) is 14.2. The van der Waals surface area contributed by atoms with Crippen LogP contribution < -0.4 is 0 Å². The summed E-state index contributed by atoms with van der Waals surface area (Å²) in [5, 5.41) is 33.3. The van der Waals surface area contributed by atoms with Gasteiger partial charge in [0.25, 0.3) is 0 Å². The molecular formula is C39H21N5. The molecule has 0 N–H and O–H groups in total. The fraction of sp³-hybridized carbons (Fsp3) is 0. The molecule has 0 spiro atoms. The van der Waals surface area contributed by atoms with E-state index in [0.717, 1.165) is 66.1 Å². The van der Waals surface area contributed by atoms with Gasteiger partial charge >= 0.3 is 0 Å². The summed E-state index contributed by atoms with van der Waals surface area (Å²) >= 11 is 0. The molecule has 0 aliphatic carbocycles. The van der Waals surface area contributed by atoms with Gasteiger partial charge in [-0.2, -0.15) is 15.8 Å². The van der Waals surface area contributed by atoms with E-state index >= 15 is 0 Å². The molecule has 0 atom stereocenters. The largest absolute Gasteiger partial charge is 0.309 e. The maximum absolute atomic E-state index is 10.0. The van der Waals surface area contributed by atoms with Crippen molar-refractivity contribution < 1.29 is 0 Å². The predicted octanol–water partition coefficient (Wildman–Crippen LogP) is 9.16. The van der Waals surface area contributed by atoms with E-state index in [1.165, 1.54) is 0 Å². The quantitative estimate of drug-likeness (QED) is 0.216. The third kappa shape index (κ3) is 3.63. The molecule has 0 aliphatic rings. The molecule has 0 bridgehead atoms. The third-order valence-corrected chi connectivity index (χ3v) is 8.42. The van der Waals surface area contributed by atoms with E-state index in [9.17, 15) is 15.8 Å². The second kappa shape index (κ2) is 9.74. The lowest BCUT2D eigenvalue weighted by Gasteiger charge is -2.11. The first kappa shape index (κ1) is 25.1. The molecule has 5 nitrogen and oxygen atoms in total. The topological polar surface area (TPSA) is 81.2 Å². The molecule has 0 radical (unpaired) electrons. The second-order valence-electron chi connectivity index (χ2n) is 10.8. The van der Waals surface area contributed by atoms with Gasteiger partial charge in [0.1, 0.15) is 6.07 Å². The first-order chi connectivity index (χ1) is 21.7. The minimum atomic E-state index is 0.453. The molecule has 8 aromatic rings. The first-order valence-electron chi connectivity index (χ1n) is 14.2. The minimum absolute atomic E-state index is 0.453. The van der Waals surface area contributed by atoms with E-state index in [4.69, 9.17) is 0 Å². The van der Waals surface area contributed by atoms with Crippen molar-refractivity contribution in [2.45, 2.75) is 0 Å². The van der Waals surface area contributed by atoms with Crippen molar-refractivity contribution in [3.8, 4) is 40.7 Å². The van der Waals surface area contributed by atoms with Crippen LogP contribution >= 0.6 is 0 Å². The van der Waals surface area contributed by atoms with Crippen LogP contribution in [0.15, 0.2) is 127 Å². The molecule has 2 heterocycles. The number of aromatic nitrogens is 2. The van der Waals surface area contributed by atoms with Crippen LogP contribution in [0, 0.1) is 34.0 Å². The summed E-state index contributed by atoms with van der Waals surface area (Å²) in [4.78, 5) is 0.